The Labute approximate surface area is 102 Å². The zero-order chi connectivity index (χ0) is 12.6. The molecule has 4 N–H and O–H groups in total. The molecule has 16 heavy (non-hydrogen) atoms. The summed E-state index contributed by atoms with van der Waals surface area (Å²) in [4.78, 5) is 11.8. The summed E-state index contributed by atoms with van der Waals surface area (Å²) in [6, 6.07) is -0.0293. The molecule has 0 heterocycles. The molecule has 0 spiro atoms. The number of nitrogens with one attached hydrogen (secondary N) is 1. The molecule has 96 valence electrons. The van der Waals surface area contributed by atoms with Gasteiger partial charge in [-0.1, -0.05) is 13.3 Å². The van der Waals surface area contributed by atoms with Crippen LogP contribution in [-0.2, 0) is 4.79 Å². The third kappa shape index (κ3) is 5.18. The van der Waals surface area contributed by atoms with E-state index < -0.39 is 0 Å². The third-order valence-electron chi connectivity index (χ3n) is 2.70. The van der Waals surface area contributed by atoms with Gasteiger partial charge in [0.1, 0.15) is 0 Å². The van der Waals surface area contributed by atoms with Gasteiger partial charge in [0.2, 0.25) is 5.91 Å². The molecule has 0 radical (unpaired) electrons. The molecule has 1 amide bonds. The normalized spacial score (nSPS) is 16.6. The summed E-state index contributed by atoms with van der Waals surface area (Å²) in [5, 5.41) is 12.1. The van der Waals surface area contributed by atoms with E-state index in [-0.39, 0.29) is 29.7 Å². The van der Waals surface area contributed by atoms with Crippen molar-refractivity contribution in [1.82, 2.24) is 5.32 Å². The van der Waals surface area contributed by atoms with E-state index in [0.717, 1.165) is 12.8 Å². The molecule has 0 aromatic rings. The number of amides is 1. The van der Waals surface area contributed by atoms with Crippen molar-refractivity contribution in [2.45, 2.75) is 38.0 Å². The van der Waals surface area contributed by atoms with E-state index in [1.807, 2.05) is 20.1 Å². The second-order valence-electron chi connectivity index (χ2n) is 3.98. The van der Waals surface area contributed by atoms with Gasteiger partial charge in [0.25, 0.3) is 0 Å². The van der Waals surface area contributed by atoms with E-state index in [2.05, 4.69) is 5.32 Å². The average molecular weight is 248 g/mol. The van der Waals surface area contributed by atoms with Gasteiger partial charge in [-0.05, 0) is 19.6 Å². The Hall–Kier alpha value is -0.260. The van der Waals surface area contributed by atoms with E-state index >= 15 is 0 Å². The number of aliphatic hydroxyl groups is 1. The van der Waals surface area contributed by atoms with Crippen LogP contribution in [0.5, 0.6) is 0 Å². The van der Waals surface area contributed by atoms with Gasteiger partial charge in [0.05, 0.1) is 12.5 Å². The second-order valence-corrected chi connectivity index (χ2v) is 5.05. The maximum Gasteiger partial charge on any atom is 0.224 e. The van der Waals surface area contributed by atoms with E-state index in [0.29, 0.717) is 6.54 Å². The molecule has 0 aromatic carbocycles. The summed E-state index contributed by atoms with van der Waals surface area (Å²) >= 11 is 1.56. The predicted octanol–water partition coefficient (Wildman–Crippen LogP) is 0.590. The highest BCUT2D eigenvalue weighted by Crippen LogP contribution is 2.12. The van der Waals surface area contributed by atoms with Crippen molar-refractivity contribution in [2.24, 2.45) is 11.7 Å². The summed E-state index contributed by atoms with van der Waals surface area (Å²) in [6.45, 7) is 4.41. The van der Waals surface area contributed by atoms with Gasteiger partial charge in [-0.15, -0.1) is 0 Å². The monoisotopic (exact) mass is 248 g/mol. The van der Waals surface area contributed by atoms with E-state index in [9.17, 15) is 4.79 Å². The second kappa shape index (κ2) is 8.84. The lowest BCUT2D eigenvalue weighted by Gasteiger charge is -2.23. The number of aliphatic hydroxyl groups excluding tert-OH is 1. The predicted molar refractivity (Wildman–Crippen MR) is 69.4 cm³/mol. The molecule has 0 bridgehead atoms. The highest BCUT2D eigenvalue weighted by atomic mass is 32.2. The Kier molecular flexibility index (Phi) is 8.70. The molecule has 3 unspecified atom stereocenters. The van der Waals surface area contributed by atoms with Crippen LogP contribution in [0.3, 0.4) is 0 Å². The van der Waals surface area contributed by atoms with Crippen LogP contribution in [0.25, 0.3) is 0 Å². The van der Waals surface area contributed by atoms with Crippen molar-refractivity contribution in [1.29, 1.82) is 0 Å². The molecule has 5 heteroatoms. The van der Waals surface area contributed by atoms with Crippen LogP contribution >= 0.6 is 11.8 Å². The Morgan fingerprint density at radius 2 is 2.19 bits per heavy atom. The van der Waals surface area contributed by atoms with Gasteiger partial charge in [0, 0.05) is 17.8 Å². The number of carbonyl (C=O) groups excluding carboxylic acids is 1. The van der Waals surface area contributed by atoms with Crippen molar-refractivity contribution in [2.75, 3.05) is 19.4 Å². The first-order valence-electron chi connectivity index (χ1n) is 5.74. The first kappa shape index (κ1) is 15.7. The zero-order valence-corrected chi connectivity index (χ0v) is 11.2. The molecule has 0 aliphatic carbocycles. The minimum absolute atomic E-state index is 0.00403. The Balaban J connectivity index is 4.19. The molecule has 0 rings (SSSR count). The minimum atomic E-state index is -0.103. The summed E-state index contributed by atoms with van der Waals surface area (Å²) < 4.78 is 0. The van der Waals surface area contributed by atoms with Gasteiger partial charge in [-0.25, -0.2) is 0 Å². The Morgan fingerprint density at radius 1 is 1.56 bits per heavy atom. The fraction of sp³-hybridized carbons (Fsp3) is 0.909. The largest absolute Gasteiger partial charge is 0.395 e. The Morgan fingerprint density at radius 3 is 2.56 bits per heavy atom. The molecule has 0 aromatic heterocycles. The highest BCUT2D eigenvalue weighted by Gasteiger charge is 2.21. The maximum absolute atomic E-state index is 11.8. The smallest absolute Gasteiger partial charge is 0.224 e. The van der Waals surface area contributed by atoms with Crippen molar-refractivity contribution < 1.29 is 9.90 Å². The quantitative estimate of drug-likeness (QED) is 0.588. The summed E-state index contributed by atoms with van der Waals surface area (Å²) in [6.07, 6.45) is 3.70. The van der Waals surface area contributed by atoms with Crippen LogP contribution < -0.4 is 11.1 Å². The molecular weight excluding hydrogens is 224 g/mol. The lowest BCUT2D eigenvalue weighted by molar-refractivity contribution is -0.125. The van der Waals surface area contributed by atoms with E-state index in [1.165, 1.54) is 0 Å². The highest BCUT2D eigenvalue weighted by molar-refractivity contribution is 7.99. The molecule has 0 aliphatic rings. The number of hydrogen-bond acceptors (Lipinski definition) is 4. The first-order chi connectivity index (χ1) is 7.60. The van der Waals surface area contributed by atoms with Gasteiger partial charge < -0.3 is 16.2 Å². The van der Waals surface area contributed by atoms with E-state index in [4.69, 9.17) is 10.8 Å². The van der Waals surface area contributed by atoms with Crippen LogP contribution in [-0.4, -0.2) is 41.7 Å². The Bertz CT molecular complexity index is 198. The zero-order valence-electron chi connectivity index (χ0n) is 10.4. The maximum atomic E-state index is 11.8. The fourth-order valence-electron chi connectivity index (χ4n) is 1.58. The van der Waals surface area contributed by atoms with Gasteiger partial charge in [0.15, 0.2) is 0 Å². The van der Waals surface area contributed by atoms with Crippen molar-refractivity contribution >= 4 is 17.7 Å². The summed E-state index contributed by atoms with van der Waals surface area (Å²) in [5.74, 6) is -0.0991. The lowest BCUT2D eigenvalue weighted by atomic mass is 10.0. The fourth-order valence-corrected chi connectivity index (χ4v) is 2.20. The van der Waals surface area contributed by atoms with Crippen LogP contribution in [0, 0.1) is 5.92 Å². The van der Waals surface area contributed by atoms with Crippen molar-refractivity contribution in [3.8, 4) is 0 Å². The van der Waals surface area contributed by atoms with Gasteiger partial charge >= 0.3 is 0 Å². The van der Waals surface area contributed by atoms with E-state index in [1.54, 1.807) is 11.8 Å². The summed E-state index contributed by atoms with van der Waals surface area (Å²) in [7, 11) is 0. The van der Waals surface area contributed by atoms with Gasteiger partial charge in [-0.2, -0.15) is 11.8 Å². The average Bonchev–Trinajstić information content (AvgIpc) is 2.27. The van der Waals surface area contributed by atoms with Crippen molar-refractivity contribution in [3.05, 3.63) is 0 Å². The lowest BCUT2D eigenvalue weighted by Crippen LogP contribution is -2.45. The summed E-state index contributed by atoms with van der Waals surface area (Å²) in [5.41, 5.74) is 5.56. The van der Waals surface area contributed by atoms with Crippen molar-refractivity contribution in [3.63, 3.8) is 0 Å². The molecule has 3 atom stereocenters. The topological polar surface area (TPSA) is 75.4 Å². The molecule has 4 nitrogen and oxygen atoms in total. The molecule has 0 fully saturated rings. The molecule has 0 saturated carbocycles. The minimum Gasteiger partial charge on any atom is -0.395 e. The molecular formula is C11H24N2O2S. The number of carbonyl (C=O) groups is 1. The standard InChI is InChI=1S/C11H24N2O2S/c1-4-5-9(6-12)11(15)13-8(2)10(7-14)16-3/h8-10,14H,4-7,12H2,1-3H3,(H,13,15). The SMILES string of the molecule is CCCC(CN)C(=O)NC(C)C(CO)SC. The first-order valence-corrected chi connectivity index (χ1v) is 7.03. The number of thioether (sulfide) groups is 1. The number of nitrogens with two attached hydrogens (primary N) is 1. The number of rotatable bonds is 8. The van der Waals surface area contributed by atoms with Crippen LogP contribution in [0.2, 0.25) is 0 Å². The van der Waals surface area contributed by atoms with Crippen LogP contribution in [0.1, 0.15) is 26.7 Å². The van der Waals surface area contributed by atoms with Crippen LogP contribution in [0.15, 0.2) is 0 Å². The third-order valence-corrected chi connectivity index (χ3v) is 3.87. The van der Waals surface area contributed by atoms with Gasteiger partial charge in [-0.3, -0.25) is 4.79 Å². The molecule has 0 saturated heterocycles. The van der Waals surface area contributed by atoms with Crippen LogP contribution in [0.4, 0.5) is 0 Å². The number of hydrogen-bond donors (Lipinski definition) is 3. The molecule has 0 aliphatic heterocycles.